The Hall–Kier alpha value is -0.510. The van der Waals surface area contributed by atoms with Gasteiger partial charge in [0.1, 0.15) is 0 Å². The summed E-state index contributed by atoms with van der Waals surface area (Å²) in [6.45, 7) is 0.951. The van der Waals surface area contributed by atoms with Gasteiger partial charge in [-0.05, 0) is 17.7 Å². The molecule has 6 heteroatoms. The molecule has 0 fully saturated rings. The number of halogens is 1. The molecule has 0 heterocycles. The topological polar surface area (TPSA) is 52.0 Å². The van der Waals surface area contributed by atoms with E-state index in [2.05, 4.69) is 22.2 Å². The molecule has 0 aliphatic heterocycles. The van der Waals surface area contributed by atoms with Crippen LogP contribution >= 0.6 is 23.8 Å². The predicted octanol–water partition coefficient (Wildman–Crippen LogP) is 1.75. The molecule has 0 unspecified atom stereocenters. The first-order valence-electron chi connectivity index (χ1n) is 2.60. The van der Waals surface area contributed by atoms with E-state index < -0.39 is 0 Å². The van der Waals surface area contributed by atoms with E-state index in [1.807, 2.05) is 0 Å². The highest BCUT2D eigenvalue weighted by Crippen LogP contribution is 1.91. The van der Waals surface area contributed by atoms with E-state index in [-0.39, 0.29) is 4.45 Å². The molecule has 4 nitrogen and oxygen atoms in total. The van der Waals surface area contributed by atoms with Crippen LogP contribution in [-0.2, 0) is 0 Å². The molecule has 0 N–H and O–H groups in total. The number of hydrogen-bond acceptors (Lipinski definition) is 2. The summed E-state index contributed by atoms with van der Waals surface area (Å²) in [5.41, 5.74) is 7.89. The van der Waals surface area contributed by atoms with Gasteiger partial charge in [-0.2, -0.15) is 0 Å². The van der Waals surface area contributed by atoms with Gasteiger partial charge >= 0.3 is 0 Å². The second-order valence-corrected chi connectivity index (χ2v) is 2.60. The smallest absolute Gasteiger partial charge is 0.169 e. The van der Waals surface area contributed by atoms with Crippen molar-refractivity contribution in [2.24, 2.45) is 5.11 Å². The minimum absolute atomic E-state index is 0.285. The average Bonchev–Trinajstić information content (AvgIpc) is 1.88. The lowest BCUT2D eigenvalue weighted by molar-refractivity contribution is 0.532. The second-order valence-electron chi connectivity index (χ2n) is 1.63. The number of hydrogen-bond donors (Lipinski definition) is 0. The maximum Gasteiger partial charge on any atom is 0.169 e. The molecular weight excluding hydrogens is 172 g/mol. The molecule has 10 heavy (non-hydrogen) atoms. The first-order chi connectivity index (χ1) is 4.68. The average molecular weight is 179 g/mol. The van der Waals surface area contributed by atoms with Crippen LogP contribution in [0.15, 0.2) is 5.11 Å². The van der Waals surface area contributed by atoms with Crippen LogP contribution in [0.25, 0.3) is 10.4 Å². The Labute approximate surface area is 69.4 Å². The van der Waals surface area contributed by atoms with Gasteiger partial charge in [0.15, 0.2) is 4.45 Å². The molecule has 0 atom stereocenters. The molecule has 0 aliphatic rings. The van der Waals surface area contributed by atoms with E-state index in [9.17, 15) is 0 Å². The second kappa shape index (κ2) is 5.29. The van der Waals surface area contributed by atoms with Gasteiger partial charge in [0, 0.05) is 25.0 Å². The summed E-state index contributed by atoms with van der Waals surface area (Å²) < 4.78 is 0.285. The molecule has 0 amide bonds. The summed E-state index contributed by atoms with van der Waals surface area (Å²) in [7, 11) is 1.74. The Kier molecular flexibility index (Phi) is 5.02. The minimum Gasteiger partial charge on any atom is -0.356 e. The fraction of sp³-hybridized carbons (Fsp3) is 0.750. The molecule has 0 aromatic heterocycles. The SMILES string of the molecule is CN(CCN=[N+]=[N-])C(=S)Cl. The zero-order valence-electron chi connectivity index (χ0n) is 5.49. The Bertz CT molecular complexity index is 165. The third kappa shape index (κ3) is 4.38. The van der Waals surface area contributed by atoms with Crippen molar-refractivity contribution < 1.29 is 0 Å². The highest BCUT2D eigenvalue weighted by molar-refractivity contribution is 7.83. The van der Waals surface area contributed by atoms with Crippen LogP contribution in [0.4, 0.5) is 0 Å². The van der Waals surface area contributed by atoms with Crippen LogP contribution < -0.4 is 0 Å². The zero-order chi connectivity index (χ0) is 7.98. The van der Waals surface area contributed by atoms with Crippen molar-refractivity contribution in [3.05, 3.63) is 10.4 Å². The molecule has 0 aromatic carbocycles. The monoisotopic (exact) mass is 178 g/mol. The maximum atomic E-state index is 7.89. The van der Waals surface area contributed by atoms with Crippen LogP contribution in [-0.4, -0.2) is 29.5 Å². The van der Waals surface area contributed by atoms with Crippen molar-refractivity contribution in [1.82, 2.24) is 4.90 Å². The molecule has 0 saturated carbocycles. The molecule has 0 bridgehead atoms. The number of rotatable bonds is 3. The predicted molar refractivity (Wildman–Crippen MR) is 45.1 cm³/mol. The molecule has 0 spiro atoms. The van der Waals surface area contributed by atoms with Crippen molar-refractivity contribution in [3.8, 4) is 0 Å². The summed E-state index contributed by atoms with van der Waals surface area (Å²) in [5.74, 6) is 0. The van der Waals surface area contributed by atoms with Crippen LogP contribution in [0.1, 0.15) is 0 Å². The number of azide groups is 1. The number of nitrogens with zero attached hydrogens (tertiary/aromatic N) is 4. The van der Waals surface area contributed by atoms with Gasteiger partial charge in [0.2, 0.25) is 0 Å². The first-order valence-corrected chi connectivity index (χ1v) is 3.38. The lowest BCUT2D eigenvalue weighted by atomic mass is 10.6. The fourth-order valence-electron chi connectivity index (χ4n) is 0.327. The van der Waals surface area contributed by atoms with Gasteiger partial charge in [-0.25, -0.2) is 0 Å². The highest BCUT2D eigenvalue weighted by Gasteiger charge is 1.96. The lowest BCUT2D eigenvalue weighted by Gasteiger charge is -2.12. The van der Waals surface area contributed by atoms with E-state index in [0.29, 0.717) is 13.1 Å². The van der Waals surface area contributed by atoms with Gasteiger partial charge in [-0.3, -0.25) is 0 Å². The Morgan fingerprint density at radius 3 is 2.90 bits per heavy atom. The van der Waals surface area contributed by atoms with E-state index in [0.717, 1.165) is 0 Å². The van der Waals surface area contributed by atoms with Crippen LogP contribution in [0, 0.1) is 0 Å². The quantitative estimate of drug-likeness (QED) is 0.165. The van der Waals surface area contributed by atoms with Gasteiger partial charge in [0.05, 0.1) is 0 Å². The van der Waals surface area contributed by atoms with Crippen LogP contribution in [0.2, 0.25) is 0 Å². The van der Waals surface area contributed by atoms with E-state index in [4.69, 9.17) is 17.1 Å². The van der Waals surface area contributed by atoms with E-state index in [1.54, 1.807) is 11.9 Å². The molecule has 0 aliphatic carbocycles. The fourth-order valence-corrected chi connectivity index (χ4v) is 0.503. The molecule has 0 rings (SSSR count). The van der Waals surface area contributed by atoms with Crippen molar-refractivity contribution in [1.29, 1.82) is 0 Å². The molecule has 0 aromatic rings. The lowest BCUT2D eigenvalue weighted by Crippen LogP contribution is -2.23. The normalized spacial score (nSPS) is 8.20. The van der Waals surface area contributed by atoms with Gasteiger partial charge in [-0.15, -0.1) is 0 Å². The van der Waals surface area contributed by atoms with Crippen molar-refractivity contribution in [2.75, 3.05) is 20.1 Å². The summed E-state index contributed by atoms with van der Waals surface area (Å²) in [6.07, 6.45) is 0. The van der Waals surface area contributed by atoms with Crippen LogP contribution in [0.3, 0.4) is 0 Å². The molecular formula is C4H7ClN4S. The molecule has 56 valence electrons. The van der Waals surface area contributed by atoms with Crippen LogP contribution in [0.5, 0.6) is 0 Å². The number of likely N-dealkylation sites (N-methyl/N-ethyl adjacent to an activating group) is 1. The van der Waals surface area contributed by atoms with Crippen molar-refractivity contribution in [2.45, 2.75) is 0 Å². The van der Waals surface area contributed by atoms with Gasteiger partial charge < -0.3 is 4.90 Å². The summed E-state index contributed by atoms with van der Waals surface area (Å²) in [4.78, 5) is 4.21. The largest absolute Gasteiger partial charge is 0.356 e. The molecule has 0 radical (unpaired) electrons. The van der Waals surface area contributed by atoms with Crippen molar-refractivity contribution in [3.63, 3.8) is 0 Å². The van der Waals surface area contributed by atoms with Gasteiger partial charge in [0.25, 0.3) is 0 Å². The summed E-state index contributed by atoms with van der Waals surface area (Å²) in [5, 5.41) is 3.31. The highest BCUT2D eigenvalue weighted by atomic mass is 35.5. The molecule has 0 saturated heterocycles. The standard InChI is InChI=1S/C4H7ClN4S/c1-9(4(5)10)3-2-7-8-6/h2-3H2,1H3. The van der Waals surface area contributed by atoms with E-state index >= 15 is 0 Å². The Morgan fingerprint density at radius 2 is 2.50 bits per heavy atom. The summed E-state index contributed by atoms with van der Waals surface area (Å²) in [6, 6.07) is 0. The summed E-state index contributed by atoms with van der Waals surface area (Å²) >= 11 is 10.1. The number of thiocarbonyl (C=S) groups is 1. The zero-order valence-corrected chi connectivity index (χ0v) is 7.06. The van der Waals surface area contributed by atoms with Crippen molar-refractivity contribution >= 4 is 28.3 Å². The first kappa shape index (κ1) is 9.49. The maximum absolute atomic E-state index is 7.89. The minimum atomic E-state index is 0.285. The third-order valence-corrected chi connectivity index (χ3v) is 1.50. The third-order valence-electron chi connectivity index (χ3n) is 0.899. The Morgan fingerprint density at radius 1 is 1.90 bits per heavy atom. The Balaban J connectivity index is 3.48. The van der Waals surface area contributed by atoms with E-state index in [1.165, 1.54) is 0 Å². The van der Waals surface area contributed by atoms with Gasteiger partial charge in [-0.1, -0.05) is 16.7 Å².